The van der Waals surface area contributed by atoms with Gasteiger partial charge >= 0.3 is 0 Å². The van der Waals surface area contributed by atoms with E-state index in [4.69, 9.17) is 0 Å². The first-order valence-electron chi connectivity index (χ1n) is 11.9. The van der Waals surface area contributed by atoms with Gasteiger partial charge in [-0.3, -0.25) is 29.0 Å². The molecule has 0 radical (unpaired) electrons. The van der Waals surface area contributed by atoms with Gasteiger partial charge in [0.05, 0.1) is 12.1 Å². The number of hydrogen-bond donors (Lipinski definition) is 0. The largest absolute Gasteiger partial charge is 0.269 e. The minimum Gasteiger partial charge on any atom is -0.269 e. The lowest BCUT2D eigenvalue weighted by Crippen LogP contribution is -2.44. The van der Waals surface area contributed by atoms with Crippen molar-refractivity contribution in [3.8, 4) is 0 Å². The van der Waals surface area contributed by atoms with Crippen molar-refractivity contribution in [2.75, 3.05) is 0 Å². The molecule has 2 aliphatic rings. The second-order valence-corrected chi connectivity index (χ2v) is 9.21. The summed E-state index contributed by atoms with van der Waals surface area (Å²) in [5.74, 6) is -1.75. The molecular formula is C30H22N2O4. The zero-order valence-electron chi connectivity index (χ0n) is 19.8. The second-order valence-electron chi connectivity index (χ2n) is 9.21. The molecule has 0 N–H and O–H groups in total. The van der Waals surface area contributed by atoms with Crippen LogP contribution < -0.4 is 0 Å². The number of carbonyl (C=O) groups excluding carboxylic acids is 4. The molecule has 0 aromatic heterocycles. The van der Waals surface area contributed by atoms with Crippen molar-refractivity contribution in [3.05, 3.63) is 118 Å². The molecule has 2 unspecified atom stereocenters. The van der Waals surface area contributed by atoms with Crippen LogP contribution in [0.3, 0.4) is 0 Å². The molecule has 2 aliphatic heterocycles. The molecule has 0 saturated carbocycles. The van der Waals surface area contributed by atoms with Crippen LogP contribution in [-0.4, -0.2) is 33.4 Å². The van der Waals surface area contributed by atoms with Gasteiger partial charge < -0.3 is 0 Å². The fourth-order valence-corrected chi connectivity index (χ4v) is 5.38. The van der Waals surface area contributed by atoms with Crippen molar-refractivity contribution in [3.63, 3.8) is 0 Å². The minimum atomic E-state index is -0.480. The zero-order valence-corrected chi connectivity index (χ0v) is 19.8. The Morgan fingerprint density at radius 3 is 1.00 bits per heavy atom. The van der Waals surface area contributed by atoms with Crippen LogP contribution in [0, 0.1) is 0 Å². The molecule has 0 spiro atoms. The predicted molar refractivity (Wildman–Crippen MR) is 135 cm³/mol. The summed E-state index contributed by atoms with van der Waals surface area (Å²) in [6, 6.07) is 24.2. The number of carbonyl (C=O) groups is 4. The number of amides is 4. The van der Waals surface area contributed by atoms with Crippen molar-refractivity contribution in [1.29, 1.82) is 0 Å². The van der Waals surface area contributed by atoms with Gasteiger partial charge in [0.15, 0.2) is 0 Å². The van der Waals surface area contributed by atoms with Gasteiger partial charge in [0.1, 0.15) is 0 Å². The van der Waals surface area contributed by atoms with Crippen LogP contribution in [0.1, 0.15) is 78.5 Å². The topological polar surface area (TPSA) is 74.8 Å². The van der Waals surface area contributed by atoms with Gasteiger partial charge in [-0.05, 0) is 49.2 Å². The van der Waals surface area contributed by atoms with Crippen molar-refractivity contribution in [1.82, 2.24) is 9.80 Å². The lowest BCUT2D eigenvalue weighted by molar-refractivity contribution is 0.0527. The fraction of sp³-hybridized carbons (Fsp3) is 0.133. The molecule has 6 heteroatoms. The van der Waals surface area contributed by atoms with E-state index in [0.29, 0.717) is 33.0 Å². The van der Waals surface area contributed by atoms with E-state index in [9.17, 15) is 19.2 Å². The number of imide groups is 2. The molecule has 4 aromatic carbocycles. The highest BCUT2D eigenvalue weighted by molar-refractivity contribution is 6.33. The maximum Gasteiger partial charge on any atom is 0.261 e. The minimum absolute atomic E-state index is 0.318. The molecule has 2 atom stereocenters. The first-order chi connectivity index (χ1) is 17.4. The summed E-state index contributed by atoms with van der Waals surface area (Å²) >= 11 is 0. The van der Waals surface area contributed by atoms with E-state index >= 15 is 0 Å². The summed E-state index contributed by atoms with van der Waals surface area (Å²) in [6.07, 6.45) is 0. The number of hydrogen-bond acceptors (Lipinski definition) is 4. The fourth-order valence-electron chi connectivity index (χ4n) is 5.38. The summed E-state index contributed by atoms with van der Waals surface area (Å²) in [7, 11) is 0. The van der Waals surface area contributed by atoms with Crippen LogP contribution in [-0.2, 0) is 0 Å². The second kappa shape index (κ2) is 7.99. The predicted octanol–water partition coefficient (Wildman–Crippen LogP) is 5.55. The van der Waals surface area contributed by atoms with Gasteiger partial charge in [-0.1, -0.05) is 60.7 Å². The molecule has 0 fully saturated rings. The summed E-state index contributed by atoms with van der Waals surface area (Å²) in [5.41, 5.74) is 2.95. The molecule has 2 heterocycles. The summed E-state index contributed by atoms with van der Waals surface area (Å²) < 4.78 is 0. The molecule has 4 amide bonds. The Bertz CT molecular complexity index is 1400. The van der Waals surface area contributed by atoms with Gasteiger partial charge in [0.25, 0.3) is 23.6 Å². The van der Waals surface area contributed by atoms with Crippen LogP contribution in [0.2, 0.25) is 0 Å². The third-order valence-electron chi connectivity index (χ3n) is 7.30. The molecular weight excluding hydrogens is 452 g/mol. The first-order valence-corrected chi connectivity index (χ1v) is 11.9. The number of benzene rings is 4. The van der Waals surface area contributed by atoms with Crippen molar-refractivity contribution in [2.45, 2.75) is 25.9 Å². The maximum atomic E-state index is 13.6. The Kier molecular flexibility index (Phi) is 4.86. The van der Waals surface area contributed by atoms with E-state index in [2.05, 4.69) is 0 Å². The third kappa shape index (κ3) is 2.97. The van der Waals surface area contributed by atoms with Crippen molar-refractivity contribution < 1.29 is 19.2 Å². The lowest BCUT2D eigenvalue weighted by Gasteiger charge is -2.36. The third-order valence-corrected chi connectivity index (χ3v) is 7.30. The van der Waals surface area contributed by atoms with Crippen LogP contribution in [0.5, 0.6) is 0 Å². The molecule has 176 valence electrons. The summed E-state index contributed by atoms with van der Waals surface area (Å²) in [5, 5.41) is 0.760. The monoisotopic (exact) mass is 474 g/mol. The smallest absolute Gasteiger partial charge is 0.261 e. The van der Waals surface area contributed by atoms with E-state index in [1.54, 1.807) is 24.3 Å². The van der Waals surface area contributed by atoms with Gasteiger partial charge in [0, 0.05) is 33.0 Å². The Hall–Kier alpha value is -4.58. The van der Waals surface area contributed by atoms with E-state index in [1.165, 1.54) is 9.80 Å². The van der Waals surface area contributed by atoms with E-state index < -0.39 is 35.7 Å². The standard InChI is InChI=1S/C30H22N2O4/c1-17(19-9-5-3-6-10-19)31-27(33)21-13-15-23-26-24(16-14-22(25(21)26)28(31)34)30(36)32(29(23)35)18(2)20-11-7-4-8-12-20/h3-18H,1-2H3. The average Bonchev–Trinajstić information content (AvgIpc) is 2.91. The Labute approximate surface area is 207 Å². The molecule has 0 saturated heterocycles. The highest BCUT2D eigenvalue weighted by Crippen LogP contribution is 2.41. The van der Waals surface area contributed by atoms with Gasteiger partial charge in [-0.15, -0.1) is 0 Å². The Balaban J connectivity index is 1.49. The molecule has 36 heavy (non-hydrogen) atoms. The quantitative estimate of drug-likeness (QED) is 0.363. The molecule has 0 bridgehead atoms. The molecule has 6 nitrogen and oxygen atoms in total. The van der Waals surface area contributed by atoms with Crippen molar-refractivity contribution >= 4 is 34.4 Å². The summed E-state index contributed by atoms with van der Waals surface area (Å²) in [6.45, 7) is 3.63. The molecule has 6 rings (SSSR count). The van der Waals surface area contributed by atoms with Crippen molar-refractivity contribution in [2.24, 2.45) is 0 Å². The lowest BCUT2D eigenvalue weighted by atomic mass is 9.84. The van der Waals surface area contributed by atoms with Gasteiger partial charge in [-0.25, -0.2) is 0 Å². The first kappa shape index (κ1) is 21.9. The van der Waals surface area contributed by atoms with Crippen LogP contribution in [0.4, 0.5) is 0 Å². The van der Waals surface area contributed by atoms with Crippen LogP contribution >= 0.6 is 0 Å². The Morgan fingerprint density at radius 2 is 0.722 bits per heavy atom. The summed E-state index contributed by atoms with van der Waals surface area (Å²) in [4.78, 5) is 56.9. The molecule has 4 aromatic rings. The molecule has 0 aliphatic carbocycles. The highest BCUT2D eigenvalue weighted by Gasteiger charge is 2.42. The number of nitrogens with zero attached hydrogens (tertiary/aromatic N) is 2. The van der Waals surface area contributed by atoms with E-state index in [0.717, 1.165) is 11.1 Å². The average molecular weight is 475 g/mol. The van der Waals surface area contributed by atoms with Gasteiger partial charge in [0.2, 0.25) is 0 Å². The van der Waals surface area contributed by atoms with Crippen LogP contribution in [0.25, 0.3) is 10.8 Å². The zero-order chi connectivity index (χ0) is 25.1. The van der Waals surface area contributed by atoms with Gasteiger partial charge in [-0.2, -0.15) is 0 Å². The maximum absolute atomic E-state index is 13.6. The SMILES string of the molecule is CC(c1ccccc1)N1C(=O)c2ccc3c4c(ccc(c24)C1=O)C(=O)N(C(C)c1ccccc1)C3=O. The number of rotatable bonds is 4. The van der Waals surface area contributed by atoms with Crippen LogP contribution in [0.15, 0.2) is 84.9 Å². The normalized spacial score (nSPS) is 16.5. The van der Waals surface area contributed by atoms with E-state index in [1.807, 2.05) is 74.5 Å². The Morgan fingerprint density at radius 1 is 0.444 bits per heavy atom. The highest BCUT2D eigenvalue weighted by atomic mass is 16.2. The van der Waals surface area contributed by atoms with E-state index in [-0.39, 0.29) is 0 Å².